The van der Waals surface area contributed by atoms with Crippen LogP contribution in [0.15, 0.2) is 60.8 Å². The Hall–Kier alpha value is -3.31. The zero-order chi connectivity index (χ0) is 23.6. The fourth-order valence-corrected chi connectivity index (χ4v) is 3.14. The van der Waals surface area contributed by atoms with Gasteiger partial charge in [0, 0.05) is 12.1 Å². The SMILES string of the molecule is CCCCOC(=O)/C=C/c1cc(Cl)c(Oc2ccc(OCc3ccc(C)cc3)cn2)cc1C. The number of pyridine rings is 1. The van der Waals surface area contributed by atoms with E-state index in [1.165, 1.54) is 11.6 Å². The zero-order valence-corrected chi connectivity index (χ0v) is 19.9. The minimum absolute atomic E-state index is 0.367. The van der Waals surface area contributed by atoms with Crippen LogP contribution in [0.2, 0.25) is 5.02 Å². The highest BCUT2D eigenvalue weighted by Crippen LogP contribution is 2.32. The van der Waals surface area contributed by atoms with Gasteiger partial charge in [-0.05, 0) is 61.2 Å². The Morgan fingerprint density at radius 3 is 2.58 bits per heavy atom. The van der Waals surface area contributed by atoms with Crippen LogP contribution in [0.3, 0.4) is 0 Å². The number of benzene rings is 2. The van der Waals surface area contributed by atoms with Gasteiger partial charge in [-0.25, -0.2) is 9.78 Å². The molecule has 0 aliphatic rings. The van der Waals surface area contributed by atoms with Gasteiger partial charge in [-0.2, -0.15) is 0 Å². The predicted octanol–water partition coefficient (Wildman–Crippen LogP) is 7.08. The molecule has 0 aliphatic heterocycles. The molecule has 1 heterocycles. The second kappa shape index (κ2) is 12.1. The zero-order valence-electron chi connectivity index (χ0n) is 19.1. The van der Waals surface area contributed by atoms with Crippen molar-refractivity contribution in [1.29, 1.82) is 0 Å². The van der Waals surface area contributed by atoms with E-state index in [-0.39, 0.29) is 5.97 Å². The minimum atomic E-state index is -0.367. The summed E-state index contributed by atoms with van der Waals surface area (Å²) in [5.41, 5.74) is 4.02. The van der Waals surface area contributed by atoms with Crippen LogP contribution in [-0.4, -0.2) is 17.6 Å². The van der Waals surface area contributed by atoms with E-state index < -0.39 is 0 Å². The minimum Gasteiger partial charge on any atom is -0.487 e. The lowest BCUT2D eigenvalue weighted by molar-refractivity contribution is -0.137. The fourth-order valence-electron chi connectivity index (χ4n) is 2.93. The first-order chi connectivity index (χ1) is 15.9. The molecule has 0 radical (unpaired) electrons. The number of halogens is 1. The van der Waals surface area contributed by atoms with Crippen LogP contribution >= 0.6 is 11.6 Å². The van der Waals surface area contributed by atoms with E-state index in [0.717, 1.165) is 29.5 Å². The van der Waals surface area contributed by atoms with Crippen molar-refractivity contribution in [3.63, 3.8) is 0 Å². The van der Waals surface area contributed by atoms with Crippen LogP contribution in [0.5, 0.6) is 17.4 Å². The van der Waals surface area contributed by atoms with E-state index in [0.29, 0.717) is 35.6 Å². The van der Waals surface area contributed by atoms with Crippen LogP contribution in [0.25, 0.3) is 6.08 Å². The summed E-state index contributed by atoms with van der Waals surface area (Å²) in [6, 6.07) is 15.3. The van der Waals surface area contributed by atoms with Crippen LogP contribution in [0.4, 0.5) is 0 Å². The number of unbranched alkanes of at least 4 members (excludes halogenated alkanes) is 1. The summed E-state index contributed by atoms with van der Waals surface area (Å²) in [5.74, 6) is 1.17. The number of esters is 1. The number of rotatable bonds is 10. The van der Waals surface area contributed by atoms with Gasteiger partial charge in [0.25, 0.3) is 0 Å². The van der Waals surface area contributed by atoms with Gasteiger partial charge < -0.3 is 14.2 Å². The Labute approximate surface area is 200 Å². The summed E-state index contributed by atoms with van der Waals surface area (Å²) in [5, 5.41) is 0.418. The van der Waals surface area contributed by atoms with Crippen molar-refractivity contribution < 1.29 is 19.0 Å². The average Bonchev–Trinajstić information content (AvgIpc) is 2.81. The number of carbonyl (C=O) groups is 1. The summed E-state index contributed by atoms with van der Waals surface area (Å²) in [6.45, 7) is 6.91. The van der Waals surface area contributed by atoms with Crippen LogP contribution in [-0.2, 0) is 16.1 Å². The molecular weight excluding hydrogens is 438 g/mol. The molecule has 3 rings (SSSR count). The molecule has 5 nitrogen and oxygen atoms in total. The maximum atomic E-state index is 11.8. The average molecular weight is 466 g/mol. The summed E-state index contributed by atoms with van der Waals surface area (Å²) < 4.78 is 16.8. The predicted molar refractivity (Wildman–Crippen MR) is 131 cm³/mol. The third-order valence-electron chi connectivity index (χ3n) is 4.91. The van der Waals surface area contributed by atoms with E-state index in [4.69, 9.17) is 25.8 Å². The van der Waals surface area contributed by atoms with Gasteiger partial charge in [0.15, 0.2) is 0 Å². The Morgan fingerprint density at radius 2 is 1.88 bits per heavy atom. The Morgan fingerprint density at radius 1 is 1.09 bits per heavy atom. The van der Waals surface area contributed by atoms with Gasteiger partial charge in [-0.3, -0.25) is 0 Å². The first-order valence-corrected chi connectivity index (χ1v) is 11.3. The molecule has 0 spiro atoms. The van der Waals surface area contributed by atoms with Crippen molar-refractivity contribution >= 4 is 23.6 Å². The highest BCUT2D eigenvalue weighted by molar-refractivity contribution is 6.32. The number of nitrogens with zero attached hydrogens (tertiary/aromatic N) is 1. The molecule has 0 amide bonds. The first-order valence-electron chi connectivity index (χ1n) is 10.9. The molecule has 0 unspecified atom stereocenters. The largest absolute Gasteiger partial charge is 0.487 e. The molecule has 0 fully saturated rings. The molecule has 0 atom stereocenters. The number of carbonyl (C=O) groups excluding carboxylic acids is 1. The van der Waals surface area contributed by atoms with Crippen molar-refractivity contribution in [2.75, 3.05) is 6.61 Å². The number of ether oxygens (including phenoxy) is 3. The Bertz CT molecular complexity index is 1090. The maximum absolute atomic E-state index is 11.8. The second-order valence-electron chi connectivity index (χ2n) is 7.70. The highest BCUT2D eigenvalue weighted by atomic mass is 35.5. The summed E-state index contributed by atoms with van der Waals surface area (Å²) in [4.78, 5) is 16.1. The van der Waals surface area contributed by atoms with Crippen molar-refractivity contribution in [2.24, 2.45) is 0 Å². The molecule has 172 valence electrons. The van der Waals surface area contributed by atoms with Crippen molar-refractivity contribution in [2.45, 2.75) is 40.2 Å². The van der Waals surface area contributed by atoms with E-state index in [9.17, 15) is 4.79 Å². The lowest BCUT2D eigenvalue weighted by atomic mass is 10.1. The Balaban J connectivity index is 1.59. The van der Waals surface area contributed by atoms with E-state index >= 15 is 0 Å². The van der Waals surface area contributed by atoms with Crippen LogP contribution in [0.1, 0.15) is 42.0 Å². The van der Waals surface area contributed by atoms with Gasteiger partial charge >= 0.3 is 5.97 Å². The number of hydrogen-bond acceptors (Lipinski definition) is 5. The quantitative estimate of drug-likeness (QED) is 0.182. The fraction of sp³-hybridized carbons (Fsp3) is 0.259. The lowest BCUT2D eigenvalue weighted by Gasteiger charge is -2.11. The lowest BCUT2D eigenvalue weighted by Crippen LogP contribution is -2.01. The molecule has 1 aromatic heterocycles. The topological polar surface area (TPSA) is 57.7 Å². The monoisotopic (exact) mass is 465 g/mol. The summed E-state index contributed by atoms with van der Waals surface area (Å²) in [7, 11) is 0. The molecule has 3 aromatic rings. The molecule has 0 aliphatic carbocycles. The summed E-state index contributed by atoms with van der Waals surface area (Å²) in [6.07, 6.45) is 6.55. The van der Waals surface area contributed by atoms with Gasteiger partial charge in [-0.15, -0.1) is 0 Å². The molecule has 33 heavy (non-hydrogen) atoms. The third-order valence-corrected chi connectivity index (χ3v) is 5.21. The van der Waals surface area contributed by atoms with E-state index in [2.05, 4.69) is 24.0 Å². The van der Waals surface area contributed by atoms with E-state index in [1.807, 2.05) is 32.0 Å². The van der Waals surface area contributed by atoms with Crippen molar-refractivity contribution in [3.05, 3.63) is 88.1 Å². The van der Waals surface area contributed by atoms with Gasteiger partial charge in [-0.1, -0.05) is 54.8 Å². The molecule has 0 N–H and O–H groups in total. The smallest absolute Gasteiger partial charge is 0.330 e. The first kappa shape index (κ1) is 24.3. The molecule has 0 bridgehead atoms. The standard InChI is InChI=1S/C27H28ClNO4/c1-4-5-14-31-27(30)13-10-22-16-24(28)25(15-20(22)3)33-26-12-11-23(17-29-26)32-18-21-8-6-19(2)7-9-21/h6-13,15-17H,4-5,14,18H2,1-3H3/b13-10+. The highest BCUT2D eigenvalue weighted by Gasteiger charge is 2.09. The van der Waals surface area contributed by atoms with Gasteiger partial charge in [0.1, 0.15) is 18.1 Å². The van der Waals surface area contributed by atoms with Crippen LogP contribution in [0, 0.1) is 13.8 Å². The van der Waals surface area contributed by atoms with E-state index in [1.54, 1.807) is 30.5 Å². The molecule has 2 aromatic carbocycles. The van der Waals surface area contributed by atoms with Gasteiger partial charge in [0.05, 0.1) is 17.8 Å². The molecule has 0 saturated heterocycles. The molecule has 6 heteroatoms. The normalized spacial score (nSPS) is 10.9. The number of aryl methyl sites for hydroxylation is 2. The van der Waals surface area contributed by atoms with Gasteiger partial charge in [0.2, 0.25) is 5.88 Å². The molecular formula is C27H28ClNO4. The third kappa shape index (κ3) is 7.65. The Kier molecular flexibility index (Phi) is 8.90. The number of aromatic nitrogens is 1. The van der Waals surface area contributed by atoms with Crippen molar-refractivity contribution in [1.82, 2.24) is 4.98 Å². The molecule has 0 saturated carbocycles. The summed E-state index contributed by atoms with van der Waals surface area (Å²) >= 11 is 6.40. The van der Waals surface area contributed by atoms with Crippen molar-refractivity contribution in [3.8, 4) is 17.4 Å². The second-order valence-corrected chi connectivity index (χ2v) is 8.11. The maximum Gasteiger partial charge on any atom is 0.330 e. The van der Waals surface area contributed by atoms with Crippen LogP contribution < -0.4 is 9.47 Å². The number of hydrogen-bond donors (Lipinski definition) is 0.